The van der Waals surface area contributed by atoms with E-state index in [1.165, 1.54) is 11.1 Å². The van der Waals surface area contributed by atoms with Crippen LogP contribution in [0.4, 0.5) is 0 Å². The van der Waals surface area contributed by atoms with Crippen LogP contribution >= 0.6 is 0 Å². The van der Waals surface area contributed by atoms with Gasteiger partial charge >= 0.3 is 0 Å². The fraction of sp³-hybridized carbons (Fsp3) is 0.0889. The van der Waals surface area contributed by atoms with Crippen LogP contribution in [0.2, 0.25) is 0 Å². The van der Waals surface area contributed by atoms with Crippen molar-refractivity contribution in [2.24, 2.45) is 0 Å². The second kappa shape index (κ2) is 13.8. The zero-order valence-corrected chi connectivity index (χ0v) is 27.6. The first-order chi connectivity index (χ1) is 23.6. The Morgan fingerprint density at radius 3 is 1.60 bits per heavy atom. The number of nitrogens with zero attached hydrogens (tertiary/aromatic N) is 3. The van der Waals surface area contributed by atoms with Crippen LogP contribution in [0.1, 0.15) is 30.7 Å². The second-order valence-electron chi connectivity index (χ2n) is 12.0. The molecule has 0 amide bonds. The van der Waals surface area contributed by atoms with Gasteiger partial charge in [-0.15, -0.1) is 0 Å². The molecule has 7 aromatic rings. The summed E-state index contributed by atoms with van der Waals surface area (Å²) in [6.45, 7) is 6.29. The van der Waals surface area contributed by atoms with Gasteiger partial charge in [0, 0.05) is 34.1 Å². The Kier molecular flexibility index (Phi) is 8.84. The average Bonchev–Trinajstić information content (AvgIpc) is 3.15. The number of allylic oxidation sites excluding steroid dienone is 1. The van der Waals surface area contributed by atoms with E-state index in [1.54, 1.807) is 0 Å². The summed E-state index contributed by atoms with van der Waals surface area (Å²) in [5, 5.41) is 0. The van der Waals surface area contributed by atoms with Crippen LogP contribution in [0.25, 0.3) is 73.4 Å². The molecule has 0 atom stereocenters. The molecular weight excluding hydrogens is 583 g/mol. The van der Waals surface area contributed by atoms with Crippen molar-refractivity contribution in [1.82, 2.24) is 15.0 Å². The van der Waals surface area contributed by atoms with Gasteiger partial charge in [0.1, 0.15) is 0 Å². The molecule has 0 unspecified atom stereocenters. The Morgan fingerprint density at radius 1 is 0.500 bits per heavy atom. The molecule has 7 rings (SSSR count). The summed E-state index contributed by atoms with van der Waals surface area (Å²) < 4.78 is 0. The van der Waals surface area contributed by atoms with E-state index in [-0.39, 0.29) is 0 Å². The van der Waals surface area contributed by atoms with Gasteiger partial charge in [-0.3, -0.25) is 4.98 Å². The Bertz CT molecular complexity index is 2140. The first kappa shape index (κ1) is 30.7. The molecule has 0 spiro atoms. The molecule has 232 valence electrons. The SMILES string of the molecule is C/C=C\c1cc(-c2cc(-c3ccc(-c4ccc(C)nc4)cc3)cc(-c3nc(-c4ccccc4)cc(-c4ccccc4)n3)c2)ccc1CC. The molecule has 3 heteroatoms. The van der Waals surface area contributed by atoms with Crippen LogP contribution in [-0.2, 0) is 6.42 Å². The molecule has 0 fully saturated rings. The van der Waals surface area contributed by atoms with Gasteiger partial charge in [-0.2, -0.15) is 0 Å². The van der Waals surface area contributed by atoms with Crippen LogP contribution in [0.3, 0.4) is 0 Å². The largest absolute Gasteiger partial charge is 0.261 e. The first-order valence-corrected chi connectivity index (χ1v) is 16.5. The van der Waals surface area contributed by atoms with E-state index in [4.69, 9.17) is 9.97 Å². The molecule has 5 aromatic carbocycles. The highest BCUT2D eigenvalue weighted by Crippen LogP contribution is 2.35. The van der Waals surface area contributed by atoms with E-state index < -0.39 is 0 Å². The van der Waals surface area contributed by atoms with E-state index in [0.29, 0.717) is 5.82 Å². The van der Waals surface area contributed by atoms with Crippen molar-refractivity contribution in [3.05, 3.63) is 169 Å². The second-order valence-corrected chi connectivity index (χ2v) is 12.0. The molecule has 0 aliphatic rings. The summed E-state index contributed by atoms with van der Waals surface area (Å²) >= 11 is 0. The fourth-order valence-electron chi connectivity index (χ4n) is 6.10. The summed E-state index contributed by atoms with van der Waals surface area (Å²) in [7, 11) is 0. The van der Waals surface area contributed by atoms with Crippen molar-refractivity contribution >= 4 is 6.08 Å². The molecule has 0 radical (unpaired) electrons. The standard InChI is InChI=1S/C45H37N3/c1-4-12-37-25-38(24-19-32(37)5-2)41-26-40(34-22-20-33(21-23-34)39-18-17-31(3)46-30-39)27-42(28-41)45-47-43(35-13-8-6-9-14-35)29-44(48-45)36-15-10-7-11-16-36/h4,6-30H,5H2,1-3H3/b12-4-. The highest BCUT2D eigenvalue weighted by atomic mass is 14.9. The van der Waals surface area contributed by atoms with Crippen LogP contribution in [-0.4, -0.2) is 15.0 Å². The number of rotatable bonds is 8. The van der Waals surface area contributed by atoms with E-state index >= 15 is 0 Å². The minimum absolute atomic E-state index is 0.694. The van der Waals surface area contributed by atoms with Crippen molar-refractivity contribution in [1.29, 1.82) is 0 Å². The molecule has 0 N–H and O–H groups in total. The van der Waals surface area contributed by atoms with Gasteiger partial charge in [-0.1, -0.05) is 122 Å². The zero-order chi connectivity index (χ0) is 32.9. The zero-order valence-electron chi connectivity index (χ0n) is 27.6. The number of aromatic nitrogens is 3. The third-order valence-electron chi connectivity index (χ3n) is 8.73. The topological polar surface area (TPSA) is 38.7 Å². The lowest BCUT2D eigenvalue weighted by Gasteiger charge is -2.14. The first-order valence-electron chi connectivity index (χ1n) is 16.5. The Hall–Kier alpha value is -5.93. The molecule has 0 aliphatic heterocycles. The van der Waals surface area contributed by atoms with Crippen molar-refractivity contribution < 1.29 is 0 Å². The highest BCUT2D eigenvalue weighted by molar-refractivity contribution is 5.82. The predicted molar refractivity (Wildman–Crippen MR) is 201 cm³/mol. The number of hydrogen-bond donors (Lipinski definition) is 0. The van der Waals surface area contributed by atoms with Gasteiger partial charge in [-0.05, 0) is 95.6 Å². The predicted octanol–water partition coefficient (Wildman–Crippen LogP) is 11.8. The number of hydrogen-bond acceptors (Lipinski definition) is 3. The Balaban J connectivity index is 1.41. The molecule has 0 bridgehead atoms. The number of pyridine rings is 1. The quantitative estimate of drug-likeness (QED) is 0.170. The molecular formula is C45H37N3. The van der Waals surface area contributed by atoms with E-state index in [9.17, 15) is 0 Å². The number of benzene rings is 5. The Labute approximate surface area is 283 Å². The molecule has 3 nitrogen and oxygen atoms in total. The van der Waals surface area contributed by atoms with Crippen molar-refractivity contribution in [2.45, 2.75) is 27.2 Å². The summed E-state index contributed by atoms with van der Waals surface area (Å²) in [5.74, 6) is 0.694. The van der Waals surface area contributed by atoms with Crippen LogP contribution in [0, 0.1) is 6.92 Å². The molecule has 0 saturated heterocycles. The molecule has 48 heavy (non-hydrogen) atoms. The minimum atomic E-state index is 0.694. The van der Waals surface area contributed by atoms with Crippen molar-refractivity contribution in [3.8, 4) is 67.3 Å². The lowest BCUT2D eigenvalue weighted by Crippen LogP contribution is -1.97. The summed E-state index contributed by atoms with van der Waals surface area (Å²) in [5.41, 5.74) is 15.2. The average molecular weight is 620 g/mol. The van der Waals surface area contributed by atoms with Crippen LogP contribution in [0.5, 0.6) is 0 Å². The molecule has 0 saturated carbocycles. The van der Waals surface area contributed by atoms with Crippen molar-refractivity contribution in [2.75, 3.05) is 0 Å². The minimum Gasteiger partial charge on any atom is -0.261 e. The maximum atomic E-state index is 5.17. The smallest absolute Gasteiger partial charge is 0.160 e. The van der Waals surface area contributed by atoms with Crippen LogP contribution < -0.4 is 0 Å². The van der Waals surface area contributed by atoms with E-state index in [1.807, 2.05) is 25.3 Å². The molecule has 2 heterocycles. The molecule has 0 aliphatic carbocycles. The summed E-state index contributed by atoms with van der Waals surface area (Å²) in [6, 6.07) is 49.2. The normalized spacial score (nSPS) is 11.2. The number of aryl methyl sites for hydroxylation is 2. The lowest BCUT2D eigenvalue weighted by atomic mass is 9.92. The molecule has 2 aromatic heterocycles. The maximum Gasteiger partial charge on any atom is 0.160 e. The van der Waals surface area contributed by atoms with Gasteiger partial charge in [-0.25, -0.2) is 9.97 Å². The summed E-state index contributed by atoms with van der Waals surface area (Å²) in [6.07, 6.45) is 7.23. The van der Waals surface area contributed by atoms with Gasteiger partial charge in [0.2, 0.25) is 0 Å². The van der Waals surface area contributed by atoms with Gasteiger partial charge in [0.15, 0.2) is 5.82 Å². The fourth-order valence-corrected chi connectivity index (χ4v) is 6.10. The van der Waals surface area contributed by atoms with Crippen LogP contribution in [0.15, 0.2) is 152 Å². The maximum absolute atomic E-state index is 5.17. The summed E-state index contributed by atoms with van der Waals surface area (Å²) in [4.78, 5) is 14.8. The lowest BCUT2D eigenvalue weighted by molar-refractivity contribution is 1.13. The van der Waals surface area contributed by atoms with E-state index in [0.717, 1.165) is 73.6 Å². The van der Waals surface area contributed by atoms with E-state index in [2.05, 4.69) is 158 Å². The third kappa shape index (κ3) is 6.63. The highest BCUT2D eigenvalue weighted by Gasteiger charge is 2.14. The van der Waals surface area contributed by atoms with Gasteiger partial charge in [0.05, 0.1) is 11.4 Å². The van der Waals surface area contributed by atoms with Crippen molar-refractivity contribution in [3.63, 3.8) is 0 Å². The van der Waals surface area contributed by atoms with Gasteiger partial charge < -0.3 is 0 Å². The van der Waals surface area contributed by atoms with Gasteiger partial charge in [0.25, 0.3) is 0 Å². The third-order valence-corrected chi connectivity index (χ3v) is 8.73. The Morgan fingerprint density at radius 2 is 1.04 bits per heavy atom. The monoisotopic (exact) mass is 619 g/mol.